The van der Waals surface area contributed by atoms with Gasteiger partial charge in [0.15, 0.2) is 0 Å². The molecule has 1 fully saturated rings. The highest BCUT2D eigenvalue weighted by Gasteiger charge is 2.23. The quantitative estimate of drug-likeness (QED) is 0.296. The summed E-state index contributed by atoms with van der Waals surface area (Å²) in [5.41, 5.74) is 0. The van der Waals surface area contributed by atoms with Crippen molar-refractivity contribution in [3.63, 3.8) is 0 Å². The van der Waals surface area contributed by atoms with Gasteiger partial charge in [-0.25, -0.2) is 0 Å². The maximum absolute atomic E-state index is 11.0. The smallest absolute Gasteiger partial charge is 0.0968 e. The highest BCUT2D eigenvalue weighted by Crippen LogP contribution is 2.16. The molecule has 0 N–H and O–H groups in total. The molecule has 0 amide bonds. The molecule has 0 saturated carbocycles. The number of likely N-dealkylation sites (tertiary alicyclic amines) is 1. The second-order valence-electron chi connectivity index (χ2n) is 2.33. The van der Waals surface area contributed by atoms with Gasteiger partial charge in [-0.2, -0.15) is 0 Å². The first-order chi connectivity index (χ1) is 3.77. The van der Waals surface area contributed by atoms with E-state index in [0.29, 0.717) is 6.54 Å². The first kappa shape index (κ1) is 5.79. The number of quaternary nitrogens is 1. The average Bonchev–Trinajstić information content (AvgIpc) is 1.64. The topological polar surface area (TPSA) is 23.1 Å². The molecular weight excluding hydrogens is 102 g/mol. The first-order valence-corrected chi connectivity index (χ1v) is 2.95. The Balaban J connectivity index is 2.29. The Labute approximate surface area is 49.6 Å². The van der Waals surface area contributed by atoms with E-state index in [-0.39, 0.29) is 4.65 Å². The Morgan fingerprint density at radius 3 is 2.38 bits per heavy atom. The average molecular weight is 113 g/mol. The van der Waals surface area contributed by atoms with Crippen molar-refractivity contribution in [1.29, 1.82) is 0 Å². The largest absolute Gasteiger partial charge is 0.633 e. The van der Waals surface area contributed by atoms with Crippen molar-refractivity contribution < 1.29 is 4.65 Å². The van der Waals surface area contributed by atoms with Crippen LogP contribution in [0.15, 0.2) is 12.7 Å². The van der Waals surface area contributed by atoms with Crippen molar-refractivity contribution in [2.45, 2.75) is 6.42 Å². The zero-order chi connectivity index (χ0) is 6.04. The number of hydrogen-bond donors (Lipinski definition) is 0. The first-order valence-electron chi connectivity index (χ1n) is 2.95. The van der Waals surface area contributed by atoms with Crippen molar-refractivity contribution >= 4 is 0 Å². The van der Waals surface area contributed by atoms with Gasteiger partial charge < -0.3 is 9.85 Å². The molecule has 0 aromatic rings. The van der Waals surface area contributed by atoms with E-state index in [2.05, 4.69) is 6.58 Å². The van der Waals surface area contributed by atoms with Gasteiger partial charge in [0.05, 0.1) is 19.6 Å². The third-order valence-electron chi connectivity index (χ3n) is 1.59. The zero-order valence-corrected chi connectivity index (χ0v) is 4.97. The summed E-state index contributed by atoms with van der Waals surface area (Å²) in [5.74, 6) is 0. The van der Waals surface area contributed by atoms with Crippen LogP contribution in [0.5, 0.6) is 0 Å². The van der Waals surface area contributed by atoms with E-state index < -0.39 is 0 Å². The van der Waals surface area contributed by atoms with Crippen LogP contribution in [0, 0.1) is 5.21 Å². The normalized spacial score (nSPS) is 24.1. The standard InChI is InChI=1S/C6H11NO/c1-2-4-7(8)5-3-6-7/h2H,1,3-6H2. The van der Waals surface area contributed by atoms with Gasteiger partial charge in [0.25, 0.3) is 0 Å². The molecule has 2 nitrogen and oxygen atoms in total. The lowest BCUT2D eigenvalue weighted by Crippen LogP contribution is -2.52. The summed E-state index contributed by atoms with van der Waals surface area (Å²) in [4.78, 5) is 0. The summed E-state index contributed by atoms with van der Waals surface area (Å²) in [6.07, 6.45) is 2.80. The number of hydroxylamine groups is 3. The fraction of sp³-hybridized carbons (Fsp3) is 0.667. The molecule has 1 rings (SSSR count). The predicted molar refractivity (Wildman–Crippen MR) is 33.0 cm³/mol. The molecule has 1 aliphatic rings. The SMILES string of the molecule is C=CC[N+]1([O-])CCC1. The molecule has 1 heterocycles. The van der Waals surface area contributed by atoms with Gasteiger partial charge >= 0.3 is 0 Å². The molecule has 46 valence electrons. The van der Waals surface area contributed by atoms with Crippen molar-refractivity contribution in [1.82, 2.24) is 0 Å². The molecule has 2 heteroatoms. The Morgan fingerprint density at radius 1 is 1.62 bits per heavy atom. The number of hydrogen-bond acceptors (Lipinski definition) is 1. The lowest BCUT2D eigenvalue weighted by molar-refractivity contribution is -0.913. The van der Waals surface area contributed by atoms with Crippen LogP contribution < -0.4 is 0 Å². The van der Waals surface area contributed by atoms with Crippen molar-refractivity contribution in [2.24, 2.45) is 0 Å². The van der Waals surface area contributed by atoms with Crippen LogP contribution in [-0.2, 0) is 0 Å². The highest BCUT2D eigenvalue weighted by atomic mass is 16.5. The van der Waals surface area contributed by atoms with E-state index in [1.54, 1.807) is 6.08 Å². The van der Waals surface area contributed by atoms with Crippen LogP contribution in [0.3, 0.4) is 0 Å². The van der Waals surface area contributed by atoms with Crippen molar-refractivity contribution in [2.75, 3.05) is 19.6 Å². The number of rotatable bonds is 2. The Hall–Kier alpha value is -0.340. The molecule has 0 radical (unpaired) electrons. The van der Waals surface area contributed by atoms with E-state index >= 15 is 0 Å². The second kappa shape index (κ2) is 1.88. The molecule has 0 bridgehead atoms. The van der Waals surface area contributed by atoms with Gasteiger partial charge in [0, 0.05) is 6.42 Å². The number of nitrogens with zero attached hydrogens (tertiary/aromatic N) is 1. The lowest BCUT2D eigenvalue weighted by Gasteiger charge is -2.49. The molecule has 8 heavy (non-hydrogen) atoms. The van der Waals surface area contributed by atoms with Crippen LogP contribution in [0.25, 0.3) is 0 Å². The van der Waals surface area contributed by atoms with Crippen molar-refractivity contribution in [3.8, 4) is 0 Å². The van der Waals surface area contributed by atoms with Gasteiger partial charge in [-0.3, -0.25) is 0 Å². The third-order valence-corrected chi connectivity index (χ3v) is 1.59. The minimum absolute atomic E-state index is 0.0243. The fourth-order valence-electron chi connectivity index (χ4n) is 0.929. The molecule has 0 spiro atoms. The summed E-state index contributed by atoms with van der Waals surface area (Å²) in [6, 6.07) is 0. The highest BCUT2D eigenvalue weighted by molar-refractivity contribution is 4.69. The van der Waals surface area contributed by atoms with E-state index in [9.17, 15) is 5.21 Å². The Kier molecular flexibility index (Phi) is 1.36. The Bertz CT molecular complexity index is 96.7. The maximum atomic E-state index is 11.0. The molecular formula is C6H11NO. The van der Waals surface area contributed by atoms with Crippen molar-refractivity contribution in [3.05, 3.63) is 17.9 Å². The predicted octanol–water partition coefficient (Wildman–Crippen LogP) is 0.891. The third kappa shape index (κ3) is 0.904. The maximum Gasteiger partial charge on any atom is 0.0968 e. The van der Waals surface area contributed by atoms with Gasteiger partial charge in [0.2, 0.25) is 0 Å². The molecule has 0 aliphatic carbocycles. The summed E-state index contributed by atoms with van der Waals surface area (Å²) >= 11 is 0. The summed E-state index contributed by atoms with van der Waals surface area (Å²) in [6.45, 7) is 5.70. The van der Waals surface area contributed by atoms with Crippen LogP contribution in [0.2, 0.25) is 0 Å². The second-order valence-corrected chi connectivity index (χ2v) is 2.33. The van der Waals surface area contributed by atoms with Crippen LogP contribution in [0.4, 0.5) is 0 Å². The van der Waals surface area contributed by atoms with E-state index in [1.807, 2.05) is 0 Å². The lowest BCUT2D eigenvalue weighted by atomic mass is 10.2. The Morgan fingerprint density at radius 2 is 2.25 bits per heavy atom. The fourth-order valence-corrected chi connectivity index (χ4v) is 0.929. The van der Waals surface area contributed by atoms with Crippen LogP contribution >= 0.6 is 0 Å². The van der Waals surface area contributed by atoms with Crippen LogP contribution in [0.1, 0.15) is 6.42 Å². The van der Waals surface area contributed by atoms with E-state index in [0.717, 1.165) is 19.5 Å². The van der Waals surface area contributed by atoms with Gasteiger partial charge in [-0.05, 0) is 6.08 Å². The molecule has 1 saturated heterocycles. The van der Waals surface area contributed by atoms with E-state index in [1.165, 1.54) is 0 Å². The molecule has 1 aliphatic heterocycles. The molecule has 0 aromatic heterocycles. The molecule has 0 atom stereocenters. The monoisotopic (exact) mass is 113 g/mol. The van der Waals surface area contributed by atoms with Gasteiger partial charge in [0.1, 0.15) is 0 Å². The minimum atomic E-state index is -0.0243. The summed E-state index contributed by atoms with van der Waals surface area (Å²) in [7, 11) is 0. The summed E-state index contributed by atoms with van der Waals surface area (Å²) in [5, 5.41) is 11.0. The molecule has 0 aromatic carbocycles. The van der Waals surface area contributed by atoms with E-state index in [4.69, 9.17) is 0 Å². The summed E-state index contributed by atoms with van der Waals surface area (Å²) < 4.78 is -0.0243. The zero-order valence-electron chi connectivity index (χ0n) is 4.97. The van der Waals surface area contributed by atoms with Gasteiger partial charge in [-0.1, -0.05) is 6.58 Å². The van der Waals surface area contributed by atoms with Gasteiger partial charge in [-0.15, -0.1) is 0 Å². The minimum Gasteiger partial charge on any atom is -0.633 e. The van der Waals surface area contributed by atoms with Crippen LogP contribution in [-0.4, -0.2) is 24.3 Å². The molecule has 0 unspecified atom stereocenters.